The lowest BCUT2D eigenvalue weighted by Crippen LogP contribution is -2.59. The van der Waals surface area contributed by atoms with E-state index in [1.165, 1.54) is 13.0 Å². The predicted octanol–water partition coefficient (Wildman–Crippen LogP) is 0.967. The van der Waals surface area contributed by atoms with Crippen LogP contribution in [-0.2, 0) is 14.8 Å². The SMILES string of the molecule is CCCN(CCC)c1ccc(/C=C(\C#N)S(=O)(=O)NC[C@H]2OC(C)[C@H](O)[C@@H](O)[C@@H]2O)cc1. The number of allylic oxidation sites excluding steroid dienone is 1. The lowest BCUT2D eigenvalue weighted by Gasteiger charge is -2.39. The quantitative estimate of drug-likeness (QED) is 0.373. The molecule has 1 aliphatic rings. The average Bonchev–Trinajstić information content (AvgIpc) is 2.77. The maximum Gasteiger partial charge on any atom is 0.250 e. The van der Waals surface area contributed by atoms with Crippen LogP contribution in [-0.4, -0.2) is 73.9 Å². The Morgan fingerprint density at radius 1 is 1.12 bits per heavy atom. The Morgan fingerprint density at radius 3 is 2.25 bits per heavy atom. The summed E-state index contributed by atoms with van der Waals surface area (Å²) < 4.78 is 32.9. The molecule has 1 unspecified atom stereocenters. The highest BCUT2D eigenvalue weighted by Crippen LogP contribution is 2.22. The van der Waals surface area contributed by atoms with Gasteiger partial charge in [0.15, 0.2) is 4.91 Å². The van der Waals surface area contributed by atoms with Gasteiger partial charge in [-0.3, -0.25) is 0 Å². The van der Waals surface area contributed by atoms with Crippen LogP contribution in [0.25, 0.3) is 6.08 Å². The molecule has 1 aromatic carbocycles. The number of hydrogen-bond acceptors (Lipinski definition) is 8. The molecule has 0 aliphatic carbocycles. The van der Waals surface area contributed by atoms with Gasteiger partial charge in [-0.2, -0.15) is 5.26 Å². The van der Waals surface area contributed by atoms with Crippen molar-refractivity contribution >= 4 is 21.8 Å². The zero-order valence-corrected chi connectivity index (χ0v) is 19.5. The number of sulfonamides is 1. The molecule has 0 amide bonds. The number of ether oxygens (including phenoxy) is 1. The Morgan fingerprint density at radius 2 is 1.72 bits per heavy atom. The van der Waals surface area contributed by atoms with Crippen molar-refractivity contribution in [1.82, 2.24) is 4.72 Å². The summed E-state index contributed by atoms with van der Waals surface area (Å²) in [5.41, 5.74) is 1.59. The highest BCUT2D eigenvalue weighted by atomic mass is 32.2. The minimum absolute atomic E-state index is 0.363. The number of benzene rings is 1. The van der Waals surface area contributed by atoms with Crippen molar-refractivity contribution < 1.29 is 28.5 Å². The zero-order chi connectivity index (χ0) is 23.9. The van der Waals surface area contributed by atoms with E-state index in [0.29, 0.717) is 5.56 Å². The first-order valence-electron chi connectivity index (χ1n) is 10.8. The summed E-state index contributed by atoms with van der Waals surface area (Å²) in [5, 5.41) is 39.1. The molecule has 1 saturated heterocycles. The van der Waals surface area contributed by atoms with Crippen molar-refractivity contribution in [2.24, 2.45) is 0 Å². The first-order valence-corrected chi connectivity index (χ1v) is 12.3. The number of aliphatic hydroxyl groups is 3. The lowest BCUT2D eigenvalue weighted by atomic mass is 9.96. The second kappa shape index (κ2) is 11.7. The molecule has 1 aliphatic heterocycles. The Labute approximate surface area is 190 Å². The molecular formula is C22H33N3O6S. The topological polar surface area (TPSA) is 143 Å². The average molecular weight is 468 g/mol. The van der Waals surface area contributed by atoms with Gasteiger partial charge in [-0.1, -0.05) is 26.0 Å². The van der Waals surface area contributed by atoms with Crippen LogP contribution in [0.4, 0.5) is 5.69 Å². The molecule has 5 atom stereocenters. The molecular weight excluding hydrogens is 434 g/mol. The number of hydrogen-bond donors (Lipinski definition) is 4. The summed E-state index contributed by atoms with van der Waals surface area (Å²) in [6.07, 6.45) is -2.77. The van der Waals surface area contributed by atoms with Crippen LogP contribution in [0.15, 0.2) is 29.2 Å². The van der Waals surface area contributed by atoms with Crippen molar-refractivity contribution in [3.63, 3.8) is 0 Å². The number of nitrogens with zero attached hydrogens (tertiary/aromatic N) is 2. The van der Waals surface area contributed by atoms with Gasteiger partial charge in [0.1, 0.15) is 30.5 Å². The van der Waals surface area contributed by atoms with Gasteiger partial charge in [-0.25, -0.2) is 13.1 Å². The second-order valence-electron chi connectivity index (χ2n) is 7.90. The molecule has 0 aromatic heterocycles. The predicted molar refractivity (Wildman–Crippen MR) is 122 cm³/mol. The molecule has 0 radical (unpaired) electrons. The first kappa shape index (κ1) is 26.3. The standard InChI is InChI=1S/C22H33N3O6S/c1-4-10-25(11-5-2)17-8-6-16(7-9-17)12-18(13-23)32(29,30)24-14-19-21(27)22(28)20(26)15(3)31-19/h6-9,12,15,19-22,24,26-28H,4-5,10-11,14H2,1-3H3/b18-12+/t15?,19-,20+,21-,22-/m1/s1. The lowest BCUT2D eigenvalue weighted by molar-refractivity contribution is -0.214. The Hall–Kier alpha value is -2.00. The molecule has 1 heterocycles. The van der Waals surface area contributed by atoms with Gasteiger partial charge in [-0.05, 0) is 43.5 Å². The number of rotatable bonds is 10. The molecule has 9 nitrogen and oxygen atoms in total. The highest BCUT2D eigenvalue weighted by Gasteiger charge is 2.42. The third-order valence-corrected chi connectivity index (χ3v) is 6.70. The van der Waals surface area contributed by atoms with E-state index in [1.54, 1.807) is 18.2 Å². The molecule has 0 bridgehead atoms. The first-order chi connectivity index (χ1) is 15.1. The fraction of sp³-hybridized carbons (Fsp3) is 0.591. The van der Waals surface area contributed by atoms with Crippen molar-refractivity contribution in [1.29, 1.82) is 5.26 Å². The van der Waals surface area contributed by atoms with Gasteiger partial charge in [0.25, 0.3) is 10.0 Å². The zero-order valence-electron chi connectivity index (χ0n) is 18.7. The molecule has 0 spiro atoms. The molecule has 178 valence electrons. The summed E-state index contributed by atoms with van der Waals surface area (Å²) >= 11 is 0. The van der Waals surface area contributed by atoms with Crippen LogP contribution in [0.1, 0.15) is 39.2 Å². The van der Waals surface area contributed by atoms with E-state index in [4.69, 9.17) is 4.74 Å². The van der Waals surface area contributed by atoms with E-state index in [1.807, 2.05) is 12.1 Å². The number of nitriles is 1. The van der Waals surface area contributed by atoms with Crippen LogP contribution in [0.3, 0.4) is 0 Å². The third kappa shape index (κ3) is 6.51. The van der Waals surface area contributed by atoms with E-state index < -0.39 is 45.4 Å². The van der Waals surface area contributed by atoms with Gasteiger partial charge in [-0.15, -0.1) is 0 Å². The largest absolute Gasteiger partial charge is 0.388 e. The van der Waals surface area contributed by atoms with Crippen LogP contribution in [0.5, 0.6) is 0 Å². The van der Waals surface area contributed by atoms with Gasteiger partial charge < -0.3 is 25.0 Å². The Balaban J connectivity index is 2.12. The molecule has 32 heavy (non-hydrogen) atoms. The van der Waals surface area contributed by atoms with Gasteiger partial charge in [0.2, 0.25) is 0 Å². The monoisotopic (exact) mass is 467 g/mol. The fourth-order valence-electron chi connectivity index (χ4n) is 3.59. The molecule has 2 rings (SSSR count). The molecule has 10 heteroatoms. The van der Waals surface area contributed by atoms with Crippen LogP contribution in [0, 0.1) is 11.3 Å². The normalized spacial score (nSPS) is 26.5. The van der Waals surface area contributed by atoms with Crippen LogP contribution in [0.2, 0.25) is 0 Å². The second-order valence-corrected chi connectivity index (χ2v) is 9.64. The van der Waals surface area contributed by atoms with Gasteiger partial charge in [0, 0.05) is 25.3 Å². The Kier molecular flexibility index (Phi) is 9.64. The summed E-state index contributed by atoms with van der Waals surface area (Å²) in [6.45, 7) is 7.20. The maximum absolute atomic E-state index is 12.6. The third-order valence-electron chi connectivity index (χ3n) is 5.37. The summed E-state index contributed by atoms with van der Waals surface area (Å²) in [6, 6.07) is 9.01. The molecule has 1 aromatic rings. The van der Waals surface area contributed by atoms with Crippen LogP contribution >= 0.6 is 0 Å². The number of aliphatic hydroxyl groups excluding tert-OH is 3. The summed E-state index contributed by atoms with van der Waals surface area (Å²) in [4.78, 5) is 1.77. The highest BCUT2D eigenvalue weighted by molar-refractivity contribution is 7.93. The van der Waals surface area contributed by atoms with Gasteiger partial charge >= 0.3 is 0 Å². The minimum Gasteiger partial charge on any atom is -0.388 e. The van der Waals surface area contributed by atoms with E-state index in [0.717, 1.165) is 31.6 Å². The van der Waals surface area contributed by atoms with Crippen molar-refractivity contribution in [2.75, 3.05) is 24.5 Å². The molecule has 1 fully saturated rings. The van der Waals surface area contributed by atoms with Crippen molar-refractivity contribution in [3.05, 3.63) is 34.7 Å². The molecule has 4 N–H and O–H groups in total. The van der Waals surface area contributed by atoms with Crippen molar-refractivity contribution in [2.45, 2.75) is 64.1 Å². The minimum atomic E-state index is -4.18. The Bertz CT molecular complexity index is 907. The number of anilines is 1. The van der Waals surface area contributed by atoms with E-state index in [2.05, 4.69) is 23.5 Å². The smallest absolute Gasteiger partial charge is 0.250 e. The van der Waals surface area contributed by atoms with Crippen LogP contribution < -0.4 is 9.62 Å². The molecule has 0 saturated carbocycles. The van der Waals surface area contributed by atoms with E-state index >= 15 is 0 Å². The summed E-state index contributed by atoms with van der Waals surface area (Å²) in [7, 11) is -4.18. The van der Waals surface area contributed by atoms with Crippen molar-refractivity contribution in [3.8, 4) is 6.07 Å². The summed E-state index contributed by atoms with van der Waals surface area (Å²) in [5.74, 6) is 0. The van der Waals surface area contributed by atoms with Gasteiger partial charge in [0.05, 0.1) is 6.10 Å². The number of nitrogens with one attached hydrogen (secondary N) is 1. The van der Waals surface area contributed by atoms with E-state index in [-0.39, 0.29) is 6.54 Å². The fourth-order valence-corrected chi connectivity index (χ4v) is 4.54. The maximum atomic E-state index is 12.6. The van der Waals surface area contributed by atoms with E-state index in [9.17, 15) is 29.0 Å².